The first-order valence-electron chi connectivity index (χ1n) is 12.7. The molecule has 1 atom stereocenters. The lowest BCUT2D eigenvalue weighted by atomic mass is 10.0. The van der Waals surface area contributed by atoms with Crippen molar-refractivity contribution in [2.45, 2.75) is 26.1 Å². The lowest BCUT2D eigenvalue weighted by Crippen LogP contribution is -2.42. The number of para-hydroxylation sites is 1. The van der Waals surface area contributed by atoms with Crippen molar-refractivity contribution in [3.05, 3.63) is 120 Å². The molecule has 5 aromatic rings. The van der Waals surface area contributed by atoms with E-state index in [0.29, 0.717) is 33.6 Å². The molecule has 202 valence electrons. The van der Waals surface area contributed by atoms with Gasteiger partial charge in [0.1, 0.15) is 29.7 Å². The second-order valence-corrected chi connectivity index (χ2v) is 9.41. The Balaban J connectivity index is 1.53. The summed E-state index contributed by atoms with van der Waals surface area (Å²) >= 11 is 0. The first-order chi connectivity index (χ1) is 19.4. The van der Waals surface area contributed by atoms with Crippen LogP contribution < -0.4 is 10.1 Å². The number of hydrogen-bond acceptors (Lipinski definition) is 5. The van der Waals surface area contributed by atoms with Crippen LogP contribution in [0.1, 0.15) is 22.7 Å². The summed E-state index contributed by atoms with van der Waals surface area (Å²) in [5.41, 5.74) is 4.24. The third kappa shape index (κ3) is 5.99. The maximum Gasteiger partial charge on any atom is 0.251 e. The molecule has 2 amide bonds. The Morgan fingerprint density at radius 3 is 2.35 bits per heavy atom. The number of nitrogens with zero attached hydrogens (tertiary/aromatic N) is 4. The van der Waals surface area contributed by atoms with Crippen LogP contribution in [0.15, 0.2) is 97.1 Å². The van der Waals surface area contributed by atoms with Crippen molar-refractivity contribution in [1.82, 2.24) is 19.9 Å². The molecule has 1 heterocycles. The first-order valence-corrected chi connectivity index (χ1v) is 12.7. The highest BCUT2D eigenvalue weighted by atomic mass is 19.1. The van der Waals surface area contributed by atoms with Gasteiger partial charge in [-0.1, -0.05) is 59.3 Å². The van der Waals surface area contributed by atoms with Crippen molar-refractivity contribution in [2.24, 2.45) is 0 Å². The van der Waals surface area contributed by atoms with Crippen molar-refractivity contribution in [2.75, 3.05) is 12.4 Å². The number of benzene rings is 4. The Kier molecular flexibility index (Phi) is 7.82. The van der Waals surface area contributed by atoms with Crippen LogP contribution in [0.3, 0.4) is 0 Å². The van der Waals surface area contributed by atoms with Gasteiger partial charge in [0.15, 0.2) is 0 Å². The fraction of sp³-hybridized carbons (Fsp3) is 0.161. The quantitative estimate of drug-likeness (QED) is 0.276. The van der Waals surface area contributed by atoms with Gasteiger partial charge in [-0.05, 0) is 66.6 Å². The second kappa shape index (κ2) is 11.8. The average Bonchev–Trinajstić information content (AvgIpc) is 3.37. The van der Waals surface area contributed by atoms with Crippen LogP contribution in [0.2, 0.25) is 0 Å². The number of nitrogens with one attached hydrogen (secondary N) is 1. The van der Waals surface area contributed by atoms with Gasteiger partial charge in [-0.2, -0.15) is 0 Å². The number of ether oxygens (including phenoxy) is 1. The van der Waals surface area contributed by atoms with E-state index < -0.39 is 11.9 Å². The Hall–Kier alpha value is -5.05. The summed E-state index contributed by atoms with van der Waals surface area (Å²) in [5.74, 6) is -0.479. The van der Waals surface area contributed by atoms with E-state index in [4.69, 9.17) is 4.74 Å². The Morgan fingerprint density at radius 2 is 1.65 bits per heavy atom. The zero-order chi connectivity index (χ0) is 28.1. The molecule has 1 N–H and O–H groups in total. The first kappa shape index (κ1) is 26.6. The summed E-state index contributed by atoms with van der Waals surface area (Å²) in [6.07, 6.45) is 0. The SMILES string of the molecule is COc1ccc(NC(=O)C(c2ccc(C)cc2)N(Cc2ccc(F)cc2)C(=O)Cn2nnc3ccccc32)cc1. The number of rotatable bonds is 9. The van der Waals surface area contributed by atoms with Crippen LogP contribution in [0.5, 0.6) is 5.75 Å². The number of methoxy groups -OCH3 is 1. The number of amides is 2. The van der Waals surface area contributed by atoms with Crippen molar-refractivity contribution in [3.63, 3.8) is 0 Å². The van der Waals surface area contributed by atoms with Crippen LogP contribution in [-0.4, -0.2) is 38.8 Å². The molecule has 0 aliphatic rings. The molecule has 0 bridgehead atoms. The summed E-state index contributed by atoms with van der Waals surface area (Å²) in [6.45, 7) is 1.88. The molecule has 5 rings (SSSR count). The number of fused-ring (bicyclic) bond motifs is 1. The minimum absolute atomic E-state index is 0.0698. The summed E-state index contributed by atoms with van der Waals surface area (Å²) in [5, 5.41) is 11.3. The zero-order valence-electron chi connectivity index (χ0n) is 22.1. The number of halogens is 1. The normalized spacial score (nSPS) is 11.7. The van der Waals surface area contributed by atoms with Gasteiger partial charge in [0.25, 0.3) is 5.91 Å². The molecule has 0 radical (unpaired) electrons. The van der Waals surface area contributed by atoms with E-state index in [1.165, 1.54) is 21.7 Å². The average molecular weight is 538 g/mol. The molecular formula is C31H28FN5O3. The molecule has 8 nitrogen and oxygen atoms in total. The zero-order valence-corrected chi connectivity index (χ0v) is 22.1. The molecule has 0 fully saturated rings. The van der Waals surface area contributed by atoms with E-state index in [1.807, 2.05) is 55.5 Å². The number of anilines is 1. The number of aryl methyl sites for hydroxylation is 1. The lowest BCUT2D eigenvalue weighted by Gasteiger charge is -2.32. The van der Waals surface area contributed by atoms with Gasteiger partial charge in [0.2, 0.25) is 5.91 Å². The summed E-state index contributed by atoms with van der Waals surface area (Å²) in [4.78, 5) is 29.4. The van der Waals surface area contributed by atoms with Crippen LogP contribution in [0, 0.1) is 12.7 Å². The van der Waals surface area contributed by atoms with Gasteiger partial charge >= 0.3 is 0 Å². The summed E-state index contributed by atoms with van der Waals surface area (Å²) in [6, 6.07) is 26.7. The van der Waals surface area contributed by atoms with Crippen LogP contribution in [0.4, 0.5) is 10.1 Å². The Bertz CT molecular complexity index is 1620. The molecule has 0 saturated carbocycles. The predicted octanol–water partition coefficient (Wildman–Crippen LogP) is 5.30. The lowest BCUT2D eigenvalue weighted by molar-refractivity contribution is -0.140. The highest BCUT2D eigenvalue weighted by Crippen LogP contribution is 2.27. The minimum atomic E-state index is -0.991. The van der Waals surface area contributed by atoms with E-state index >= 15 is 0 Å². The number of carbonyl (C=O) groups excluding carboxylic acids is 2. The molecule has 0 saturated heterocycles. The Labute approximate surface area is 231 Å². The molecule has 0 aliphatic carbocycles. The van der Waals surface area contributed by atoms with E-state index in [2.05, 4.69) is 15.6 Å². The van der Waals surface area contributed by atoms with Crippen molar-refractivity contribution in [3.8, 4) is 5.75 Å². The van der Waals surface area contributed by atoms with Gasteiger partial charge in [-0.3, -0.25) is 9.59 Å². The van der Waals surface area contributed by atoms with E-state index in [1.54, 1.807) is 43.5 Å². The van der Waals surface area contributed by atoms with E-state index in [9.17, 15) is 14.0 Å². The third-order valence-corrected chi connectivity index (χ3v) is 6.60. The monoisotopic (exact) mass is 537 g/mol. The number of aromatic nitrogens is 3. The highest BCUT2D eigenvalue weighted by molar-refractivity contribution is 5.98. The number of hydrogen-bond donors (Lipinski definition) is 1. The van der Waals surface area contributed by atoms with E-state index in [-0.39, 0.29) is 24.8 Å². The minimum Gasteiger partial charge on any atom is -0.497 e. The molecular weight excluding hydrogens is 509 g/mol. The highest BCUT2D eigenvalue weighted by Gasteiger charge is 2.32. The molecule has 1 aromatic heterocycles. The predicted molar refractivity (Wildman–Crippen MR) is 150 cm³/mol. The van der Waals surface area contributed by atoms with Crippen molar-refractivity contribution < 1.29 is 18.7 Å². The van der Waals surface area contributed by atoms with Gasteiger partial charge in [-0.25, -0.2) is 9.07 Å². The van der Waals surface area contributed by atoms with Crippen LogP contribution in [0.25, 0.3) is 11.0 Å². The summed E-state index contributed by atoms with van der Waals surface area (Å²) in [7, 11) is 1.57. The number of carbonyl (C=O) groups is 2. The van der Waals surface area contributed by atoms with Crippen molar-refractivity contribution >= 4 is 28.5 Å². The van der Waals surface area contributed by atoms with Gasteiger partial charge < -0.3 is 15.0 Å². The smallest absolute Gasteiger partial charge is 0.251 e. The third-order valence-electron chi connectivity index (χ3n) is 6.60. The Morgan fingerprint density at radius 1 is 0.950 bits per heavy atom. The standard InChI is InChI=1S/C31H28FN5O3/c1-21-7-11-23(12-8-21)30(31(39)33-25-15-17-26(40-2)18-16-25)36(19-22-9-13-24(32)14-10-22)29(38)20-37-28-6-4-3-5-27(28)34-35-37/h3-18,30H,19-20H2,1-2H3,(H,33,39). The maximum atomic E-state index is 14.0. The fourth-order valence-electron chi connectivity index (χ4n) is 4.47. The van der Waals surface area contributed by atoms with E-state index in [0.717, 1.165) is 5.56 Å². The van der Waals surface area contributed by atoms with Gasteiger partial charge in [0, 0.05) is 12.2 Å². The molecule has 9 heteroatoms. The molecule has 4 aromatic carbocycles. The largest absolute Gasteiger partial charge is 0.497 e. The fourth-order valence-corrected chi connectivity index (χ4v) is 4.47. The molecule has 1 unspecified atom stereocenters. The van der Waals surface area contributed by atoms with Gasteiger partial charge in [0.05, 0.1) is 12.6 Å². The summed E-state index contributed by atoms with van der Waals surface area (Å²) < 4.78 is 20.4. The van der Waals surface area contributed by atoms with Gasteiger partial charge in [-0.15, -0.1) is 5.10 Å². The van der Waals surface area contributed by atoms with Crippen molar-refractivity contribution in [1.29, 1.82) is 0 Å². The topological polar surface area (TPSA) is 89.4 Å². The second-order valence-electron chi connectivity index (χ2n) is 9.41. The molecule has 0 aliphatic heterocycles. The van der Waals surface area contributed by atoms with Crippen LogP contribution >= 0.6 is 0 Å². The molecule has 0 spiro atoms. The maximum absolute atomic E-state index is 14.0. The molecule has 40 heavy (non-hydrogen) atoms. The van der Waals surface area contributed by atoms with Crippen LogP contribution in [-0.2, 0) is 22.7 Å².